The molecule has 1 rings (SSSR count). The number of hydrogen-bond acceptors (Lipinski definition) is 4. The summed E-state index contributed by atoms with van der Waals surface area (Å²) in [4.78, 5) is 17.6. The highest BCUT2D eigenvalue weighted by atomic mass is 32.1. The number of nitrogens with zero attached hydrogens (tertiary/aromatic N) is 2. The van der Waals surface area contributed by atoms with Crippen LogP contribution in [0, 0.1) is 0 Å². The number of amides is 2. The summed E-state index contributed by atoms with van der Waals surface area (Å²) in [6.45, 7) is 5.69. The second kappa shape index (κ2) is 6.15. The number of thiazole rings is 1. The molecule has 0 unspecified atom stereocenters. The van der Waals surface area contributed by atoms with Crippen LogP contribution in [0.4, 0.5) is 9.93 Å². The molecule has 1 heterocycles. The van der Waals surface area contributed by atoms with Crippen LogP contribution in [0.1, 0.15) is 32.9 Å². The fourth-order valence-electron chi connectivity index (χ4n) is 1.57. The molecule has 6 heteroatoms. The molecule has 0 radical (unpaired) electrons. The molecule has 0 saturated carbocycles. The number of carbonyl (C=O) groups excluding carboxylic acids is 1. The van der Waals surface area contributed by atoms with Crippen molar-refractivity contribution in [1.82, 2.24) is 9.88 Å². The molecule has 0 aliphatic carbocycles. The molecule has 5 nitrogen and oxygen atoms in total. The van der Waals surface area contributed by atoms with Crippen LogP contribution in [0.15, 0.2) is 5.38 Å². The maximum atomic E-state index is 11.8. The number of carbonyl (C=O) groups is 1. The minimum Gasteiger partial charge on any atom is -0.389 e. The Labute approximate surface area is 112 Å². The zero-order valence-corrected chi connectivity index (χ0v) is 12.2. The van der Waals surface area contributed by atoms with Gasteiger partial charge < -0.3 is 10.0 Å². The van der Waals surface area contributed by atoms with E-state index >= 15 is 0 Å². The first kappa shape index (κ1) is 14.9. The smallest absolute Gasteiger partial charge is 0.323 e. The molecule has 0 fully saturated rings. The molecule has 2 N–H and O–H groups in total. The number of urea groups is 1. The highest BCUT2D eigenvalue weighted by molar-refractivity contribution is 7.13. The van der Waals surface area contributed by atoms with Crippen LogP contribution >= 0.6 is 11.3 Å². The Balaban J connectivity index is 2.53. The van der Waals surface area contributed by atoms with Gasteiger partial charge in [-0.25, -0.2) is 9.78 Å². The quantitative estimate of drug-likeness (QED) is 0.864. The summed E-state index contributed by atoms with van der Waals surface area (Å²) >= 11 is 1.42. The van der Waals surface area contributed by atoms with Crippen molar-refractivity contribution in [1.29, 1.82) is 0 Å². The third-order valence-electron chi connectivity index (χ3n) is 2.24. The highest BCUT2D eigenvalue weighted by Gasteiger charge is 2.19. The number of rotatable bonds is 5. The van der Waals surface area contributed by atoms with Gasteiger partial charge >= 0.3 is 6.03 Å². The van der Waals surface area contributed by atoms with Crippen molar-refractivity contribution in [2.24, 2.45) is 0 Å². The number of nitrogens with one attached hydrogen (secondary N) is 1. The third kappa shape index (κ3) is 5.01. The number of hydrogen-bond donors (Lipinski definition) is 2. The first-order chi connectivity index (χ1) is 8.31. The average molecular weight is 271 g/mol. The fourth-order valence-corrected chi connectivity index (χ4v) is 2.31. The summed E-state index contributed by atoms with van der Waals surface area (Å²) in [6, 6.07) is -0.255. The first-order valence-electron chi connectivity index (χ1n) is 6.00. The van der Waals surface area contributed by atoms with Crippen molar-refractivity contribution < 1.29 is 9.90 Å². The highest BCUT2D eigenvalue weighted by Crippen LogP contribution is 2.17. The van der Waals surface area contributed by atoms with Gasteiger partial charge in [0.1, 0.15) is 0 Å². The lowest BCUT2D eigenvalue weighted by atomic mass is 10.1. The van der Waals surface area contributed by atoms with E-state index < -0.39 is 5.60 Å². The standard InChI is InChI=1S/C12H21N3O2S/c1-5-6-9-7-18-10(13-9)14-11(16)15(4)8-12(2,3)17/h7,17H,5-6,8H2,1-4H3,(H,13,14,16). The van der Waals surface area contributed by atoms with E-state index in [0.717, 1.165) is 18.5 Å². The summed E-state index contributed by atoms with van der Waals surface area (Å²) in [5.41, 5.74) is 0.102. The summed E-state index contributed by atoms with van der Waals surface area (Å²) < 4.78 is 0. The van der Waals surface area contributed by atoms with Crippen LogP contribution in [0.25, 0.3) is 0 Å². The van der Waals surface area contributed by atoms with Crippen LogP contribution in [-0.4, -0.2) is 40.2 Å². The zero-order valence-electron chi connectivity index (χ0n) is 11.4. The Kier molecular flexibility index (Phi) is 5.10. The van der Waals surface area contributed by atoms with E-state index in [9.17, 15) is 9.90 Å². The van der Waals surface area contributed by atoms with Gasteiger partial charge in [0.05, 0.1) is 17.8 Å². The van der Waals surface area contributed by atoms with Crippen molar-refractivity contribution in [2.45, 2.75) is 39.2 Å². The normalized spacial score (nSPS) is 11.4. The summed E-state index contributed by atoms with van der Waals surface area (Å²) in [5.74, 6) is 0. The molecule has 0 aliphatic heterocycles. The minimum absolute atomic E-state index is 0.255. The SMILES string of the molecule is CCCc1csc(NC(=O)N(C)CC(C)(C)O)n1. The largest absolute Gasteiger partial charge is 0.389 e. The van der Waals surface area contributed by atoms with E-state index in [1.165, 1.54) is 16.2 Å². The van der Waals surface area contributed by atoms with Gasteiger partial charge in [0.15, 0.2) is 5.13 Å². The van der Waals surface area contributed by atoms with E-state index in [2.05, 4.69) is 17.2 Å². The van der Waals surface area contributed by atoms with Crippen molar-refractivity contribution in [3.63, 3.8) is 0 Å². The topological polar surface area (TPSA) is 65.5 Å². The Morgan fingerprint density at radius 1 is 1.61 bits per heavy atom. The molecule has 18 heavy (non-hydrogen) atoms. The Morgan fingerprint density at radius 2 is 2.28 bits per heavy atom. The van der Waals surface area contributed by atoms with Crippen molar-refractivity contribution in [3.8, 4) is 0 Å². The molecule has 102 valence electrons. The van der Waals surface area contributed by atoms with E-state index in [1.807, 2.05) is 5.38 Å². The molecule has 0 atom stereocenters. The molecular formula is C12H21N3O2S. The molecule has 0 aliphatic rings. The van der Waals surface area contributed by atoms with Crippen molar-refractivity contribution >= 4 is 22.5 Å². The third-order valence-corrected chi connectivity index (χ3v) is 3.05. The molecule has 0 saturated heterocycles. The molecule has 2 amide bonds. The predicted molar refractivity (Wildman–Crippen MR) is 74.1 cm³/mol. The van der Waals surface area contributed by atoms with Gasteiger partial charge in [-0.3, -0.25) is 5.32 Å². The molecule has 1 aromatic rings. The van der Waals surface area contributed by atoms with Crippen molar-refractivity contribution in [2.75, 3.05) is 18.9 Å². The maximum Gasteiger partial charge on any atom is 0.323 e. The second-order valence-corrected chi connectivity index (χ2v) is 5.85. The Morgan fingerprint density at radius 3 is 2.83 bits per heavy atom. The Bertz CT molecular complexity index is 398. The Hall–Kier alpha value is -1.14. The lowest BCUT2D eigenvalue weighted by Crippen LogP contribution is -2.41. The van der Waals surface area contributed by atoms with Gasteiger partial charge in [0.2, 0.25) is 0 Å². The van der Waals surface area contributed by atoms with Crippen LogP contribution in [-0.2, 0) is 6.42 Å². The zero-order chi connectivity index (χ0) is 13.8. The number of anilines is 1. The van der Waals surface area contributed by atoms with Gasteiger partial charge in [0.25, 0.3) is 0 Å². The number of aliphatic hydroxyl groups is 1. The second-order valence-electron chi connectivity index (χ2n) is 4.99. The van der Waals surface area contributed by atoms with Gasteiger partial charge in [-0.05, 0) is 20.3 Å². The van der Waals surface area contributed by atoms with E-state index in [0.29, 0.717) is 5.13 Å². The number of likely N-dealkylation sites (N-methyl/N-ethyl adjacent to an activating group) is 1. The van der Waals surface area contributed by atoms with E-state index in [4.69, 9.17) is 0 Å². The van der Waals surface area contributed by atoms with Gasteiger partial charge in [-0.15, -0.1) is 11.3 Å². The molecule has 0 aromatic carbocycles. The average Bonchev–Trinajstić information content (AvgIpc) is 2.63. The van der Waals surface area contributed by atoms with E-state index in [1.54, 1.807) is 20.9 Å². The van der Waals surface area contributed by atoms with Crippen LogP contribution in [0.2, 0.25) is 0 Å². The summed E-state index contributed by atoms with van der Waals surface area (Å²) in [6.07, 6.45) is 1.96. The van der Waals surface area contributed by atoms with Gasteiger partial charge in [-0.1, -0.05) is 13.3 Å². The van der Waals surface area contributed by atoms with Gasteiger partial charge in [0, 0.05) is 12.4 Å². The predicted octanol–water partition coefficient (Wildman–Crippen LogP) is 2.33. The first-order valence-corrected chi connectivity index (χ1v) is 6.88. The fraction of sp³-hybridized carbons (Fsp3) is 0.667. The maximum absolute atomic E-state index is 11.8. The van der Waals surface area contributed by atoms with Crippen LogP contribution in [0.3, 0.4) is 0 Å². The van der Waals surface area contributed by atoms with E-state index in [-0.39, 0.29) is 12.6 Å². The lowest BCUT2D eigenvalue weighted by molar-refractivity contribution is 0.0550. The molecular weight excluding hydrogens is 250 g/mol. The summed E-state index contributed by atoms with van der Waals surface area (Å²) in [5, 5.41) is 14.9. The van der Waals surface area contributed by atoms with Gasteiger partial charge in [-0.2, -0.15) is 0 Å². The van der Waals surface area contributed by atoms with Crippen molar-refractivity contribution in [3.05, 3.63) is 11.1 Å². The van der Waals surface area contributed by atoms with Crippen LogP contribution < -0.4 is 5.32 Å². The molecule has 0 bridgehead atoms. The number of aromatic nitrogens is 1. The molecule has 0 spiro atoms. The lowest BCUT2D eigenvalue weighted by Gasteiger charge is -2.25. The number of aryl methyl sites for hydroxylation is 1. The monoisotopic (exact) mass is 271 g/mol. The van der Waals surface area contributed by atoms with Crippen LogP contribution in [0.5, 0.6) is 0 Å². The molecule has 1 aromatic heterocycles. The summed E-state index contributed by atoms with van der Waals surface area (Å²) in [7, 11) is 1.65. The minimum atomic E-state index is -0.900.